The number of hydrogen-bond acceptors (Lipinski definition) is 9. The molecular weight excluding hydrogens is 830 g/mol. The van der Waals surface area contributed by atoms with Crippen LogP contribution < -0.4 is 30.3 Å². The molecule has 238 valence electrons. The molecule has 1 aliphatic rings. The molecule has 0 saturated carbocycles. The number of aliphatic hydroxyl groups excluding tert-OH is 1. The number of benzene rings is 3. The van der Waals surface area contributed by atoms with E-state index in [4.69, 9.17) is 30.5 Å². The molecule has 1 aliphatic heterocycles. The van der Waals surface area contributed by atoms with Gasteiger partial charge in [-0.15, -0.1) is 0 Å². The lowest BCUT2D eigenvalue weighted by Crippen LogP contribution is -2.45. The molecule has 1 heterocycles. The van der Waals surface area contributed by atoms with E-state index < -0.39 is 24.3 Å². The Morgan fingerprint density at radius 1 is 1.09 bits per heavy atom. The van der Waals surface area contributed by atoms with Crippen LogP contribution in [0.3, 0.4) is 0 Å². The quantitative estimate of drug-likeness (QED) is 0.0570. The maximum absolute atomic E-state index is 12.4. The zero-order valence-electron chi connectivity index (χ0n) is 24.5. The lowest BCUT2D eigenvalue weighted by atomic mass is 9.95. The van der Waals surface area contributed by atoms with Crippen molar-refractivity contribution in [1.29, 1.82) is 0 Å². The van der Waals surface area contributed by atoms with Crippen LogP contribution in [0.15, 0.2) is 71.0 Å². The number of aliphatic hydroxyl groups is 1. The highest BCUT2D eigenvalue weighted by molar-refractivity contribution is 14.1. The van der Waals surface area contributed by atoms with Crippen molar-refractivity contribution in [3.05, 3.63) is 94.7 Å². The number of allylic oxidation sites excluding steroid dienone is 1. The fraction of sp³-hybridized carbons (Fsp3) is 0.258. The van der Waals surface area contributed by atoms with Gasteiger partial charge in [0.25, 0.3) is 0 Å². The smallest absolute Gasteiger partial charge is 0.337 e. The zero-order valence-corrected chi connectivity index (χ0v) is 29.6. The summed E-state index contributed by atoms with van der Waals surface area (Å²) in [5, 5.41) is 20.6. The third-order valence-corrected chi connectivity index (χ3v) is 8.28. The maximum atomic E-state index is 12.4. The predicted molar refractivity (Wildman–Crippen MR) is 187 cm³/mol. The lowest BCUT2D eigenvalue weighted by Gasteiger charge is -2.28. The molecule has 0 bridgehead atoms. The molecule has 2 atom stereocenters. The number of hydrazone groups is 1. The minimum Gasteiger partial charge on any atom is -0.490 e. The van der Waals surface area contributed by atoms with Crippen molar-refractivity contribution in [2.24, 2.45) is 5.10 Å². The number of urea groups is 1. The minimum atomic E-state index is -1.13. The summed E-state index contributed by atoms with van der Waals surface area (Å²) in [6, 6.07) is 15.2. The first-order chi connectivity index (χ1) is 21.6. The Labute approximate surface area is 293 Å². The number of nitrogens with one attached hydrogen (secondary N) is 3. The number of ether oxygens (including phenoxy) is 4. The first kappa shape index (κ1) is 34.6. The second kappa shape index (κ2) is 16.3. The van der Waals surface area contributed by atoms with Crippen LogP contribution in [0.25, 0.3) is 0 Å². The van der Waals surface area contributed by atoms with E-state index in [9.17, 15) is 14.7 Å². The maximum Gasteiger partial charge on any atom is 0.337 e. The molecule has 11 nitrogen and oxygen atoms in total. The van der Waals surface area contributed by atoms with Crippen molar-refractivity contribution in [3.8, 4) is 17.2 Å². The van der Waals surface area contributed by atoms with Gasteiger partial charge in [-0.25, -0.2) is 9.59 Å². The van der Waals surface area contributed by atoms with Gasteiger partial charge in [-0.1, -0.05) is 29.8 Å². The number of carbonyl (C=O) groups excluding carboxylic acids is 2. The van der Waals surface area contributed by atoms with Crippen LogP contribution in [0.1, 0.15) is 36.6 Å². The van der Waals surface area contributed by atoms with Gasteiger partial charge in [0, 0.05) is 10.7 Å². The third kappa shape index (κ3) is 9.37. The molecule has 0 saturated heterocycles. The van der Waals surface area contributed by atoms with Crippen LogP contribution in [0.5, 0.6) is 17.2 Å². The first-order valence-electron chi connectivity index (χ1n) is 13.7. The number of rotatable bonds is 13. The molecule has 45 heavy (non-hydrogen) atoms. The van der Waals surface area contributed by atoms with Gasteiger partial charge in [0.1, 0.15) is 19.0 Å². The molecule has 3 aromatic carbocycles. The summed E-state index contributed by atoms with van der Waals surface area (Å²) in [6.07, 6.45) is 0.467. The summed E-state index contributed by atoms with van der Waals surface area (Å²) in [4.78, 5) is 24.6. The number of methoxy groups -OCH3 is 1. The van der Waals surface area contributed by atoms with Crippen molar-refractivity contribution in [2.75, 3.05) is 20.3 Å². The van der Waals surface area contributed by atoms with Crippen LogP contribution in [-0.2, 0) is 16.1 Å². The predicted octanol–water partition coefficient (Wildman–Crippen LogP) is 5.65. The van der Waals surface area contributed by atoms with Gasteiger partial charge in [-0.3, -0.25) is 5.43 Å². The highest BCUT2D eigenvalue weighted by Gasteiger charge is 2.32. The first-order valence-corrected chi connectivity index (χ1v) is 16.2. The number of nitrogens with zero attached hydrogens (tertiary/aromatic N) is 1. The standard InChI is InChI=1S/C31H31ClI2N4O7/c1-4-43-25-13-20(28-27(30(40)42-3)17(2)36-31(41)37-28)7-10-24(25)44-16-26(39)38-35-14-19-11-22(33)29(23(34)12-19)45-15-18-5-8-21(32)9-6-18/h5-14,26,28,38-39H,4,15-16H2,1-3H3,(H2,36,37,41)/b35-14-/t26-,28+/m0/s1. The summed E-state index contributed by atoms with van der Waals surface area (Å²) in [6.45, 7) is 4.06. The summed E-state index contributed by atoms with van der Waals surface area (Å²) in [5.74, 6) is 0.948. The lowest BCUT2D eigenvalue weighted by molar-refractivity contribution is -0.136. The molecule has 0 fully saturated rings. The van der Waals surface area contributed by atoms with Gasteiger partial charge in [-0.2, -0.15) is 5.10 Å². The van der Waals surface area contributed by atoms with E-state index in [1.807, 2.05) is 43.3 Å². The SMILES string of the molecule is CCOc1cc([C@H]2NC(=O)NC(C)=C2C(=O)OC)ccc1OC[C@H](O)N/N=C\c1cc(I)c(OCc2ccc(Cl)cc2)c(I)c1. The third-order valence-electron chi connectivity index (χ3n) is 6.43. The molecule has 0 spiro atoms. The Morgan fingerprint density at radius 3 is 2.47 bits per heavy atom. The molecule has 0 unspecified atom stereocenters. The van der Waals surface area contributed by atoms with E-state index in [1.54, 1.807) is 31.3 Å². The second-order valence-electron chi connectivity index (χ2n) is 9.64. The van der Waals surface area contributed by atoms with E-state index in [-0.39, 0.29) is 12.2 Å². The molecule has 0 aromatic heterocycles. The van der Waals surface area contributed by atoms with E-state index >= 15 is 0 Å². The molecule has 4 rings (SSSR count). The van der Waals surface area contributed by atoms with Crippen molar-refractivity contribution in [1.82, 2.24) is 16.1 Å². The molecule has 14 heteroatoms. The summed E-state index contributed by atoms with van der Waals surface area (Å²) >= 11 is 10.4. The largest absolute Gasteiger partial charge is 0.490 e. The normalized spacial score (nSPS) is 15.3. The van der Waals surface area contributed by atoms with Crippen molar-refractivity contribution >= 4 is 75.0 Å². The van der Waals surface area contributed by atoms with Gasteiger partial charge in [0.05, 0.1) is 38.7 Å². The molecular formula is C31H31ClI2N4O7. The Balaban J connectivity index is 1.37. The number of carbonyl (C=O) groups is 2. The molecule has 2 amide bonds. The van der Waals surface area contributed by atoms with Crippen LogP contribution in [-0.4, -0.2) is 49.9 Å². The number of esters is 1. The molecule has 0 radical (unpaired) electrons. The van der Waals surface area contributed by atoms with Crippen LogP contribution in [0, 0.1) is 7.14 Å². The minimum absolute atomic E-state index is 0.139. The van der Waals surface area contributed by atoms with Crippen molar-refractivity contribution in [3.63, 3.8) is 0 Å². The molecule has 3 aromatic rings. The van der Waals surface area contributed by atoms with Crippen LogP contribution in [0.4, 0.5) is 4.79 Å². The van der Waals surface area contributed by atoms with E-state index in [2.05, 4.69) is 66.3 Å². The summed E-state index contributed by atoms with van der Waals surface area (Å²) in [7, 11) is 1.28. The highest BCUT2D eigenvalue weighted by Crippen LogP contribution is 2.35. The Morgan fingerprint density at radius 2 is 1.80 bits per heavy atom. The van der Waals surface area contributed by atoms with E-state index in [0.717, 1.165) is 24.0 Å². The Kier molecular flexibility index (Phi) is 12.6. The highest BCUT2D eigenvalue weighted by atomic mass is 127. The average Bonchev–Trinajstić information content (AvgIpc) is 3.00. The number of hydrogen-bond donors (Lipinski definition) is 4. The number of amides is 2. The zero-order chi connectivity index (χ0) is 32.5. The van der Waals surface area contributed by atoms with Crippen molar-refractivity contribution in [2.45, 2.75) is 32.7 Å². The fourth-order valence-electron chi connectivity index (χ4n) is 4.35. The van der Waals surface area contributed by atoms with Crippen LogP contribution >= 0.6 is 56.8 Å². The Hall–Kier alpha value is -3.28. The van der Waals surface area contributed by atoms with Crippen LogP contribution in [0.2, 0.25) is 5.02 Å². The Bertz CT molecular complexity index is 1580. The number of halogens is 3. The monoisotopic (exact) mass is 860 g/mol. The van der Waals surface area contributed by atoms with Gasteiger partial charge in [-0.05, 0) is 112 Å². The average molecular weight is 861 g/mol. The second-order valence-corrected chi connectivity index (χ2v) is 12.4. The summed E-state index contributed by atoms with van der Waals surface area (Å²) < 4.78 is 24.4. The van der Waals surface area contributed by atoms with Gasteiger partial charge < -0.3 is 34.7 Å². The molecule has 0 aliphatic carbocycles. The van der Waals surface area contributed by atoms with Gasteiger partial charge >= 0.3 is 12.0 Å². The van der Waals surface area contributed by atoms with Crippen molar-refractivity contribution < 1.29 is 33.6 Å². The van der Waals surface area contributed by atoms with Gasteiger partial charge in [0.15, 0.2) is 17.7 Å². The summed E-state index contributed by atoms with van der Waals surface area (Å²) in [5.41, 5.74) is 5.74. The fourth-order valence-corrected chi connectivity index (χ4v) is 6.60. The topological polar surface area (TPSA) is 140 Å². The van der Waals surface area contributed by atoms with E-state index in [1.165, 1.54) is 7.11 Å². The molecule has 4 N–H and O–H groups in total. The van der Waals surface area contributed by atoms with E-state index in [0.29, 0.717) is 41.0 Å². The van der Waals surface area contributed by atoms with Gasteiger partial charge in [0.2, 0.25) is 0 Å².